The third kappa shape index (κ3) is 3.60. The van der Waals surface area contributed by atoms with Crippen LogP contribution in [0.3, 0.4) is 0 Å². The van der Waals surface area contributed by atoms with Crippen molar-refractivity contribution in [2.24, 2.45) is 0 Å². The average Bonchev–Trinajstić information content (AvgIpc) is 3.16. The maximum atomic E-state index is 12.6. The van der Waals surface area contributed by atoms with Gasteiger partial charge in [0, 0.05) is 13.1 Å². The maximum Gasteiger partial charge on any atom is 0.219 e. The minimum absolute atomic E-state index is 0.0790. The van der Waals surface area contributed by atoms with Crippen LogP contribution in [0.5, 0.6) is 0 Å². The first kappa shape index (κ1) is 16.9. The van der Waals surface area contributed by atoms with E-state index in [1.54, 1.807) is 12.1 Å². The fourth-order valence-corrected chi connectivity index (χ4v) is 4.76. The van der Waals surface area contributed by atoms with E-state index in [1.165, 1.54) is 5.56 Å². The first-order chi connectivity index (χ1) is 10.7. The Morgan fingerprint density at radius 3 is 2.30 bits per heavy atom. The van der Waals surface area contributed by atoms with Gasteiger partial charge in [-0.3, -0.25) is 4.84 Å². The predicted octanol–water partition coefficient (Wildman–Crippen LogP) is 2.35. The molecule has 1 aromatic carbocycles. The van der Waals surface area contributed by atoms with E-state index in [-0.39, 0.29) is 24.1 Å². The molecule has 2 fully saturated rings. The van der Waals surface area contributed by atoms with Gasteiger partial charge in [0.15, 0.2) is 0 Å². The Kier molecular flexibility index (Phi) is 4.29. The van der Waals surface area contributed by atoms with Crippen LogP contribution in [0.4, 0.5) is 0 Å². The van der Waals surface area contributed by atoms with Gasteiger partial charge in [-0.25, -0.2) is 13.1 Å². The van der Waals surface area contributed by atoms with Gasteiger partial charge in [-0.05, 0) is 29.4 Å². The number of sulfonamides is 1. The zero-order chi connectivity index (χ0) is 16.8. The molecule has 1 aliphatic carbocycles. The average molecular weight is 338 g/mol. The Labute approximate surface area is 139 Å². The molecule has 1 heterocycles. The molecule has 0 radical (unpaired) electrons. The van der Waals surface area contributed by atoms with Crippen LogP contribution in [-0.2, 0) is 20.3 Å². The molecule has 128 valence electrons. The van der Waals surface area contributed by atoms with E-state index in [0.717, 1.165) is 18.4 Å². The van der Waals surface area contributed by atoms with Crippen molar-refractivity contribution < 1.29 is 13.3 Å². The van der Waals surface area contributed by atoms with Gasteiger partial charge in [0.1, 0.15) is 5.25 Å². The second kappa shape index (κ2) is 5.84. The van der Waals surface area contributed by atoms with Gasteiger partial charge in [0.25, 0.3) is 0 Å². The van der Waals surface area contributed by atoms with Crippen molar-refractivity contribution in [2.45, 2.75) is 56.4 Å². The summed E-state index contributed by atoms with van der Waals surface area (Å²) in [5.74, 6) is 0. The molecule has 1 N–H and O–H groups in total. The normalized spacial score (nSPS) is 26.6. The summed E-state index contributed by atoms with van der Waals surface area (Å²) in [4.78, 5) is 5.53. The molecule has 23 heavy (non-hydrogen) atoms. The highest BCUT2D eigenvalue weighted by molar-refractivity contribution is 7.90. The molecule has 1 saturated carbocycles. The zero-order valence-electron chi connectivity index (χ0n) is 14.2. The van der Waals surface area contributed by atoms with Crippen LogP contribution in [0.25, 0.3) is 0 Å². The summed E-state index contributed by atoms with van der Waals surface area (Å²) in [6, 6.07) is 8.06. The number of hydrogen-bond donors (Lipinski definition) is 1. The van der Waals surface area contributed by atoms with Crippen LogP contribution in [0, 0.1) is 0 Å². The fraction of sp³-hybridized carbons (Fsp3) is 0.647. The number of nitrogens with one attached hydrogen (secondary N) is 1. The molecule has 0 spiro atoms. The van der Waals surface area contributed by atoms with Crippen molar-refractivity contribution in [3.8, 4) is 0 Å². The van der Waals surface area contributed by atoms with Gasteiger partial charge in [-0.15, -0.1) is 0 Å². The molecular weight excluding hydrogens is 312 g/mol. The lowest BCUT2D eigenvalue weighted by atomic mass is 9.86. The monoisotopic (exact) mass is 338 g/mol. The molecule has 1 aliphatic heterocycles. The zero-order valence-corrected chi connectivity index (χ0v) is 15.1. The number of benzene rings is 1. The van der Waals surface area contributed by atoms with Gasteiger partial charge < -0.3 is 0 Å². The first-order valence-corrected chi connectivity index (χ1v) is 9.70. The Balaban J connectivity index is 1.86. The molecule has 2 aliphatic rings. The van der Waals surface area contributed by atoms with Crippen molar-refractivity contribution in [1.29, 1.82) is 0 Å². The van der Waals surface area contributed by atoms with Crippen molar-refractivity contribution in [3.63, 3.8) is 0 Å². The molecule has 0 bridgehead atoms. The molecule has 6 heteroatoms. The second-order valence-corrected chi connectivity index (χ2v) is 9.57. The molecule has 1 aromatic rings. The lowest BCUT2D eigenvalue weighted by Gasteiger charge is -2.25. The minimum Gasteiger partial charge on any atom is -0.297 e. The summed E-state index contributed by atoms with van der Waals surface area (Å²) in [5, 5.41) is 1.09. The van der Waals surface area contributed by atoms with E-state index >= 15 is 0 Å². The lowest BCUT2D eigenvalue weighted by molar-refractivity contribution is -0.110. The summed E-state index contributed by atoms with van der Waals surface area (Å²) < 4.78 is 28.0. The number of nitrogens with zero attached hydrogens (tertiary/aromatic N) is 1. The van der Waals surface area contributed by atoms with Gasteiger partial charge in [-0.1, -0.05) is 45.0 Å². The Hall–Kier alpha value is -0.950. The third-order valence-electron chi connectivity index (χ3n) is 4.61. The molecule has 0 amide bonds. The van der Waals surface area contributed by atoms with Gasteiger partial charge in [0.05, 0.1) is 12.6 Å². The summed E-state index contributed by atoms with van der Waals surface area (Å²) in [5.41, 5.74) is 2.29. The SMILES string of the molecule is CN1OCC(S(=O)(=O)NC2CC2)C1c1ccc(C(C)(C)C)cc1. The molecule has 2 unspecified atom stereocenters. The number of rotatable bonds is 4. The van der Waals surface area contributed by atoms with Crippen LogP contribution in [-0.4, -0.2) is 38.4 Å². The summed E-state index contributed by atoms with van der Waals surface area (Å²) in [6.45, 7) is 6.70. The summed E-state index contributed by atoms with van der Waals surface area (Å²) in [7, 11) is -1.58. The molecule has 0 aromatic heterocycles. The quantitative estimate of drug-likeness (QED) is 0.915. The third-order valence-corrected chi connectivity index (χ3v) is 6.46. The first-order valence-electron chi connectivity index (χ1n) is 8.16. The standard InChI is InChI=1S/C17H26N2O3S/c1-17(2,3)13-7-5-12(6-8-13)16-15(11-22-19(16)4)23(20,21)18-14-9-10-14/h5-8,14-16,18H,9-11H2,1-4H3. The molecule has 1 saturated heterocycles. The summed E-state index contributed by atoms with van der Waals surface area (Å²) in [6.07, 6.45) is 1.88. The molecule has 2 atom stereocenters. The van der Waals surface area contributed by atoms with Gasteiger partial charge in [0.2, 0.25) is 10.0 Å². The van der Waals surface area contributed by atoms with E-state index in [0.29, 0.717) is 0 Å². The maximum absolute atomic E-state index is 12.6. The minimum atomic E-state index is -3.38. The van der Waals surface area contributed by atoms with Gasteiger partial charge in [-0.2, -0.15) is 5.06 Å². The Bertz CT molecular complexity index is 660. The largest absolute Gasteiger partial charge is 0.297 e. The van der Waals surface area contributed by atoms with E-state index in [9.17, 15) is 8.42 Å². The molecule has 5 nitrogen and oxygen atoms in total. The van der Waals surface area contributed by atoms with Crippen LogP contribution in [0.2, 0.25) is 0 Å². The number of hydroxylamine groups is 2. The molecular formula is C17H26N2O3S. The topological polar surface area (TPSA) is 58.6 Å². The van der Waals surface area contributed by atoms with E-state index in [4.69, 9.17) is 4.84 Å². The van der Waals surface area contributed by atoms with Crippen molar-refractivity contribution in [1.82, 2.24) is 9.79 Å². The highest BCUT2D eigenvalue weighted by Crippen LogP contribution is 2.35. The van der Waals surface area contributed by atoms with E-state index in [1.807, 2.05) is 12.1 Å². The highest BCUT2D eigenvalue weighted by atomic mass is 32.2. The Morgan fingerprint density at radius 2 is 1.78 bits per heavy atom. The van der Waals surface area contributed by atoms with Crippen molar-refractivity contribution >= 4 is 10.0 Å². The fourth-order valence-electron chi connectivity index (χ4n) is 2.98. The van der Waals surface area contributed by atoms with Gasteiger partial charge >= 0.3 is 0 Å². The summed E-state index contributed by atoms with van der Waals surface area (Å²) >= 11 is 0. The van der Waals surface area contributed by atoms with Crippen molar-refractivity contribution in [3.05, 3.63) is 35.4 Å². The van der Waals surface area contributed by atoms with E-state index < -0.39 is 15.3 Å². The second-order valence-electron chi connectivity index (χ2n) is 7.63. The van der Waals surface area contributed by atoms with Crippen LogP contribution in [0.1, 0.15) is 50.8 Å². The lowest BCUT2D eigenvalue weighted by Crippen LogP contribution is -2.40. The number of hydrogen-bond acceptors (Lipinski definition) is 4. The molecule has 3 rings (SSSR count). The van der Waals surface area contributed by atoms with Crippen LogP contribution >= 0.6 is 0 Å². The highest BCUT2D eigenvalue weighted by Gasteiger charge is 2.44. The smallest absolute Gasteiger partial charge is 0.219 e. The Morgan fingerprint density at radius 1 is 1.17 bits per heavy atom. The van der Waals surface area contributed by atoms with Crippen LogP contribution < -0.4 is 4.72 Å². The van der Waals surface area contributed by atoms with Crippen molar-refractivity contribution in [2.75, 3.05) is 13.7 Å². The van der Waals surface area contributed by atoms with Crippen LogP contribution in [0.15, 0.2) is 24.3 Å². The predicted molar refractivity (Wildman–Crippen MR) is 90.5 cm³/mol. The van der Waals surface area contributed by atoms with E-state index in [2.05, 4.69) is 37.6 Å².